The quantitative estimate of drug-likeness (QED) is 0.181. The summed E-state index contributed by atoms with van der Waals surface area (Å²) in [6.45, 7) is 3.40. The van der Waals surface area contributed by atoms with Gasteiger partial charge in [0.2, 0.25) is 5.95 Å². The first-order valence-electron chi connectivity index (χ1n) is 14.8. The summed E-state index contributed by atoms with van der Waals surface area (Å²) in [7, 11) is 1.92. The number of benzene rings is 3. The number of carbonyl (C=O) groups is 1. The summed E-state index contributed by atoms with van der Waals surface area (Å²) >= 11 is 2.27. The summed E-state index contributed by atoms with van der Waals surface area (Å²) in [6.07, 6.45) is 4.01. The average Bonchev–Trinajstić information content (AvgIpc) is 3.21. The van der Waals surface area contributed by atoms with Gasteiger partial charge >= 0.3 is 0 Å². The molecule has 4 aliphatic heterocycles. The highest BCUT2D eigenvalue weighted by molar-refractivity contribution is 14.1. The number of hydrogen-bond donors (Lipinski definition) is 1. The molecule has 1 N–H and O–H groups in total. The molecule has 1 aromatic heterocycles. The predicted molar refractivity (Wildman–Crippen MR) is 176 cm³/mol. The summed E-state index contributed by atoms with van der Waals surface area (Å²) in [5.74, 6) is -0.347. The first-order chi connectivity index (χ1) is 21.4. The van der Waals surface area contributed by atoms with Crippen LogP contribution in [-0.2, 0) is 11.0 Å². The molecule has 5 heterocycles. The topological polar surface area (TPSA) is 73.7 Å². The zero-order valence-corrected chi connectivity index (χ0v) is 26.4. The first kappa shape index (κ1) is 29.0. The number of aromatic nitrogens is 2. The number of anilines is 2. The minimum Gasteiger partial charge on any atom is -0.337 e. The van der Waals surface area contributed by atoms with Gasteiger partial charge in [-0.25, -0.2) is 18.7 Å². The molecule has 1 amide bonds. The molecular weight excluding hydrogens is 673 g/mol. The maximum absolute atomic E-state index is 14.9. The van der Waals surface area contributed by atoms with Crippen LogP contribution in [0.25, 0.3) is 11.3 Å². The fourth-order valence-electron chi connectivity index (χ4n) is 6.63. The zero-order chi connectivity index (χ0) is 30.4. The number of rotatable bonds is 6. The molecule has 0 radical (unpaired) electrons. The average molecular weight is 705 g/mol. The van der Waals surface area contributed by atoms with Gasteiger partial charge in [0.15, 0.2) is 0 Å². The Balaban J connectivity index is 1.15. The summed E-state index contributed by atoms with van der Waals surface area (Å²) < 4.78 is 30.6. The minimum atomic E-state index is -0.661. The molecular formula is C34H31F2IN6O. The second-order valence-corrected chi connectivity index (χ2v) is 12.4. The summed E-state index contributed by atoms with van der Waals surface area (Å²) in [5, 5.41) is 3.26. The van der Waals surface area contributed by atoms with Crippen molar-refractivity contribution in [2.45, 2.75) is 29.9 Å². The summed E-state index contributed by atoms with van der Waals surface area (Å²) in [5.41, 5.74) is 5.27. The van der Waals surface area contributed by atoms with Gasteiger partial charge in [-0.1, -0.05) is 40.8 Å². The second-order valence-electron chi connectivity index (χ2n) is 11.7. The molecule has 0 spiro atoms. The van der Waals surface area contributed by atoms with Crippen molar-refractivity contribution in [1.29, 1.82) is 0 Å². The van der Waals surface area contributed by atoms with E-state index in [1.165, 1.54) is 18.2 Å². The van der Waals surface area contributed by atoms with E-state index in [1.54, 1.807) is 6.20 Å². The number of piperidine rings is 3. The maximum Gasteiger partial charge on any atom is 0.253 e. The van der Waals surface area contributed by atoms with E-state index in [-0.39, 0.29) is 29.8 Å². The number of nitrogens with one attached hydrogen (secondary N) is 1. The fraction of sp³-hybridized carbons (Fsp3) is 0.294. The second kappa shape index (κ2) is 12.0. The van der Waals surface area contributed by atoms with E-state index in [4.69, 9.17) is 4.98 Å². The Morgan fingerprint density at radius 3 is 2.48 bits per heavy atom. The van der Waals surface area contributed by atoms with Gasteiger partial charge in [-0.15, -0.1) is 0 Å². The Bertz CT molecular complexity index is 1750. The minimum absolute atomic E-state index is 0.0288. The van der Waals surface area contributed by atoms with E-state index in [1.807, 2.05) is 54.4 Å². The molecule has 3 aromatic carbocycles. The van der Waals surface area contributed by atoms with Gasteiger partial charge < -0.3 is 15.1 Å². The van der Waals surface area contributed by atoms with Crippen LogP contribution in [0.15, 0.2) is 71.9 Å². The molecule has 44 heavy (non-hydrogen) atoms. The van der Waals surface area contributed by atoms with E-state index in [9.17, 15) is 13.6 Å². The van der Waals surface area contributed by atoms with E-state index in [0.717, 1.165) is 59.3 Å². The Labute approximate surface area is 268 Å². The standard InChI is InChI=1S/C34H31F2IN6O/c1-42(29-19-43-13-11-21(29)12-14-43)33(44)22-6-8-24(9-7-22)40-34-39-18-23-17-38-32(30-27(35)3-2-4-28(30)36)26-15-20(16-37)5-10-25(26)31(23)41-34/h2-10,15,18,21,29H,11-14,16-17,19H2,1H3,(H,39,40,41). The first-order valence-corrected chi connectivity index (χ1v) is 16.3. The predicted octanol–water partition coefficient (Wildman–Crippen LogP) is 6.62. The van der Waals surface area contributed by atoms with Crippen LogP contribution in [0.3, 0.4) is 0 Å². The van der Waals surface area contributed by atoms with Gasteiger partial charge in [-0.3, -0.25) is 9.79 Å². The fourth-order valence-corrected chi connectivity index (χ4v) is 7.11. The molecule has 2 bridgehead atoms. The van der Waals surface area contributed by atoms with Gasteiger partial charge in [0, 0.05) is 58.2 Å². The largest absolute Gasteiger partial charge is 0.337 e. The van der Waals surface area contributed by atoms with Crippen LogP contribution in [0.4, 0.5) is 20.4 Å². The molecule has 8 rings (SSSR count). The van der Waals surface area contributed by atoms with Gasteiger partial charge in [-0.05, 0) is 79.9 Å². The van der Waals surface area contributed by atoms with Crippen LogP contribution in [-0.4, -0.2) is 64.1 Å². The van der Waals surface area contributed by atoms with Crippen molar-refractivity contribution in [1.82, 2.24) is 19.8 Å². The number of aliphatic imine (C=N–C) groups is 1. The molecule has 0 saturated carbocycles. The molecule has 7 nitrogen and oxygen atoms in total. The smallest absolute Gasteiger partial charge is 0.253 e. The van der Waals surface area contributed by atoms with E-state index in [0.29, 0.717) is 28.7 Å². The van der Waals surface area contributed by atoms with Crippen molar-refractivity contribution >= 4 is 45.8 Å². The number of alkyl halides is 1. The van der Waals surface area contributed by atoms with E-state index >= 15 is 0 Å². The molecule has 4 aromatic rings. The number of likely N-dealkylation sites (N-methyl/N-ethyl adjacent to an activating group) is 1. The highest BCUT2D eigenvalue weighted by atomic mass is 127. The van der Waals surface area contributed by atoms with Crippen LogP contribution < -0.4 is 5.32 Å². The molecule has 224 valence electrons. The van der Waals surface area contributed by atoms with Gasteiger partial charge in [-0.2, -0.15) is 0 Å². The van der Waals surface area contributed by atoms with Gasteiger partial charge in [0.05, 0.1) is 23.5 Å². The Hall–Kier alpha value is -3.77. The third kappa shape index (κ3) is 5.38. The van der Waals surface area contributed by atoms with Crippen molar-refractivity contribution < 1.29 is 13.6 Å². The number of hydrogen-bond acceptors (Lipinski definition) is 6. The molecule has 0 aliphatic carbocycles. The number of halogens is 3. The SMILES string of the molecule is CN(C(=O)c1ccc(Nc2ncc3c(n2)-c2ccc(CI)cc2C(c2c(F)cccc2F)=NC3)cc1)C1CN2CCC1CC2. The van der Waals surface area contributed by atoms with Gasteiger partial charge in [0.25, 0.3) is 5.91 Å². The summed E-state index contributed by atoms with van der Waals surface area (Å²) in [4.78, 5) is 31.7. The number of amides is 1. The normalized spacial score (nSPS) is 20.3. The summed E-state index contributed by atoms with van der Waals surface area (Å²) in [6, 6.07) is 17.3. The molecule has 3 saturated heterocycles. The molecule has 4 aliphatic rings. The maximum atomic E-state index is 14.9. The van der Waals surface area contributed by atoms with Gasteiger partial charge in [0.1, 0.15) is 11.6 Å². The number of nitrogens with zero attached hydrogens (tertiary/aromatic N) is 5. The van der Waals surface area contributed by atoms with Crippen molar-refractivity contribution in [2.75, 3.05) is 32.0 Å². The Morgan fingerprint density at radius 1 is 1.05 bits per heavy atom. The van der Waals surface area contributed by atoms with E-state index < -0.39 is 11.6 Å². The van der Waals surface area contributed by atoms with Crippen molar-refractivity contribution in [2.24, 2.45) is 10.9 Å². The number of fused-ring (bicyclic) bond motifs is 6. The molecule has 3 fully saturated rings. The zero-order valence-electron chi connectivity index (χ0n) is 24.2. The molecule has 1 atom stereocenters. The molecule has 10 heteroatoms. The Morgan fingerprint density at radius 2 is 1.80 bits per heavy atom. The van der Waals surface area contributed by atoms with Crippen molar-refractivity contribution in [3.8, 4) is 11.3 Å². The van der Waals surface area contributed by atoms with Crippen LogP contribution in [0.1, 0.15) is 45.5 Å². The van der Waals surface area contributed by atoms with Crippen molar-refractivity contribution in [3.63, 3.8) is 0 Å². The van der Waals surface area contributed by atoms with Crippen LogP contribution in [0, 0.1) is 17.6 Å². The van der Waals surface area contributed by atoms with Crippen LogP contribution in [0.5, 0.6) is 0 Å². The van der Waals surface area contributed by atoms with Crippen molar-refractivity contribution in [3.05, 3.63) is 106 Å². The molecule has 1 unspecified atom stereocenters. The Kier molecular flexibility index (Phi) is 7.88. The lowest BCUT2D eigenvalue weighted by Crippen LogP contribution is -2.57. The number of carbonyl (C=O) groups excluding carboxylic acids is 1. The lowest BCUT2D eigenvalue weighted by atomic mass is 9.83. The van der Waals surface area contributed by atoms with Crippen LogP contribution in [0.2, 0.25) is 0 Å². The third-order valence-corrected chi connectivity index (χ3v) is 9.93. The highest BCUT2D eigenvalue weighted by Crippen LogP contribution is 2.35. The third-order valence-electron chi connectivity index (χ3n) is 9.05. The monoisotopic (exact) mass is 704 g/mol. The van der Waals surface area contributed by atoms with Crippen LogP contribution >= 0.6 is 22.6 Å². The highest BCUT2D eigenvalue weighted by Gasteiger charge is 2.38. The lowest BCUT2D eigenvalue weighted by molar-refractivity contribution is 0.0162. The van der Waals surface area contributed by atoms with E-state index in [2.05, 4.69) is 42.8 Å². The lowest BCUT2D eigenvalue weighted by Gasteiger charge is -2.48.